The fourth-order valence-electron chi connectivity index (χ4n) is 2.87. The maximum atomic E-state index is 12.7. The van der Waals surface area contributed by atoms with Crippen LogP contribution in [0.15, 0.2) is 42.7 Å². The van der Waals surface area contributed by atoms with Gasteiger partial charge in [0.15, 0.2) is 0 Å². The monoisotopic (exact) mass is 339 g/mol. The Morgan fingerprint density at radius 1 is 1.12 bits per heavy atom. The van der Waals surface area contributed by atoms with Gasteiger partial charge in [0.1, 0.15) is 11.9 Å². The third kappa shape index (κ3) is 4.50. The molecule has 3 rings (SSSR count). The summed E-state index contributed by atoms with van der Waals surface area (Å²) in [5.74, 6) is 0.291. The molecule has 2 aromatic rings. The van der Waals surface area contributed by atoms with E-state index in [1.165, 1.54) is 6.07 Å². The number of nitrogens with zero attached hydrogens (tertiary/aromatic N) is 3. The van der Waals surface area contributed by atoms with Gasteiger partial charge in [-0.25, -0.2) is 0 Å². The van der Waals surface area contributed by atoms with Crippen molar-refractivity contribution < 1.29 is 17.9 Å². The zero-order valence-electron chi connectivity index (χ0n) is 13.2. The third-order valence-corrected chi connectivity index (χ3v) is 4.20. The van der Waals surface area contributed by atoms with Gasteiger partial charge in [0.2, 0.25) is 0 Å². The molecule has 1 aromatic carbocycles. The lowest BCUT2D eigenvalue weighted by atomic mass is 10.1. The van der Waals surface area contributed by atoms with Gasteiger partial charge in [-0.1, -0.05) is 6.07 Å². The van der Waals surface area contributed by atoms with Gasteiger partial charge in [0.25, 0.3) is 0 Å². The van der Waals surface area contributed by atoms with Gasteiger partial charge in [-0.3, -0.25) is 4.68 Å². The van der Waals surface area contributed by atoms with E-state index in [0.717, 1.165) is 51.2 Å². The first-order chi connectivity index (χ1) is 11.5. The van der Waals surface area contributed by atoms with Crippen molar-refractivity contribution in [2.24, 2.45) is 0 Å². The van der Waals surface area contributed by atoms with E-state index in [-0.39, 0.29) is 6.10 Å². The van der Waals surface area contributed by atoms with Crippen LogP contribution in [0.2, 0.25) is 0 Å². The smallest absolute Gasteiger partial charge is 0.416 e. The molecule has 1 aliphatic rings. The van der Waals surface area contributed by atoms with E-state index in [2.05, 4.69) is 10.00 Å². The first-order valence-corrected chi connectivity index (χ1v) is 8.04. The number of rotatable bonds is 5. The van der Waals surface area contributed by atoms with E-state index >= 15 is 0 Å². The predicted molar refractivity (Wildman–Crippen MR) is 83.8 cm³/mol. The normalized spacial score (nSPS) is 17.1. The van der Waals surface area contributed by atoms with Crippen LogP contribution in [0.5, 0.6) is 5.75 Å². The van der Waals surface area contributed by atoms with Crippen molar-refractivity contribution >= 4 is 0 Å². The molecule has 0 radical (unpaired) electrons. The van der Waals surface area contributed by atoms with Crippen molar-refractivity contribution in [3.05, 3.63) is 48.3 Å². The summed E-state index contributed by atoms with van der Waals surface area (Å²) < 4.78 is 45.8. The Morgan fingerprint density at radius 3 is 2.58 bits per heavy atom. The quantitative estimate of drug-likeness (QED) is 0.836. The van der Waals surface area contributed by atoms with E-state index < -0.39 is 11.7 Å². The summed E-state index contributed by atoms with van der Waals surface area (Å²) >= 11 is 0. The second-order valence-electron chi connectivity index (χ2n) is 5.95. The van der Waals surface area contributed by atoms with Gasteiger partial charge < -0.3 is 9.64 Å². The minimum Gasteiger partial charge on any atom is -0.490 e. The Bertz CT molecular complexity index is 635. The first kappa shape index (κ1) is 16.8. The zero-order valence-corrected chi connectivity index (χ0v) is 13.2. The highest BCUT2D eigenvalue weighted by molar-refractivity contribution is 5.30. The molecule has 0 aliphatic carbocycles. The molecule has 1 saturated heterocycles. The van der Waals surface area contributed by atoms with Crippen molar-refractivity contribution in [1.29, 1.82) is 0 Å². The van der Waals surface area contributed by atoms with Crippen LogP contribution >= 0.6 is 0 Å². The van der Waals surface area contributed by atoms with Gasteiger partial charge in [-0.05, 0) is 37.1 Å². The molecule has 0 N–H and O–H groups in total. The fourth-order valence-corrected chi connectivity index (χ4v) is 2.87. The second kappa shape index (κ2) is 7.25. The van der Waals surface area contributed by atoms with Crippen molar-refractivity contribution in [2.75, 3.05) is 19.6 Å². The second-order valence-corrected chi connectivity index (χ2v) is 5.95. The van der Waals surface area contributed by atoms with Crippen molar-refractivity contribution in [3.63, 3.8) is 0 Å². The summed E-state index contributed by atoms with van der Waals surface area (Å²) in [6, 6.07) is 7.00. The Balaban J connectivity index is 1.47. The summed E-state index contributed by atoms with van der Waals surface area (Å²) in [7, 11) is 0. The summed E-state index contributed by atoms with van der Waals surface area (Å²) in [5.41, 5.74) is -0.670. The van der Waals surface area contributed by atoms with Gasteiger partial charge in [0.05, 0.1) is 12.1 Å². The van der Waals surface area contributed by atoms with Crippen molar-refractivity contribution in [3.8, 4) is 5.75 Å². The Kier molecular flexibility index (Phi) is 5.08. The summed E-state index contributed by atoms with van der Waals surface area (Å²) in [5, 5.41) is 4.17. The van der Waals surface area contributed by atoms with Crippen molar-refractivity contribution in [2.45, 2.75) is 31.7 Å². The number of halogens is 3. The maximum Gasteiger partial charge on any atom is 0.416 e. The predicted octanol–water partition coefficient (Wildman–Crippen LogP) is 3.45. The standard InChI is InChI=1S/C17H20F3N3O/c18-17(19,20)14-3-1-4-16(13-14)24-15-5-9-22(10-6-15)11-12-23-8-2-7-21-23/h1-4,7-8,13,15H,5-6,9-12H2. The highest BCUT2D eigenvalue weighted by Gasteiger charge is 2.31. The number of likely N-dealkylation sites (tertiary alicyclic amines) is 1. The van der Waals surface area contributed by atoms with Gasteiger partial charge in [-0.2, -0.15) is 18.3 Å². The van der Waals surface area contributed by atoms with Crippen LogP contribution < -0.4 is 4.74 Å². The number of piperidine rings is 1. The molecule has 1 aromatic heterocycles. The van der Waals surface area contributed by atoms with Gasteiger partial charge in [-0.15, -0.1) is 0 Å². The number of alkyl halides is 3. The first-order valence-electron chi connectivity index (χ1n) is 8.04. The van der Waals surface area contributed by atoms with Crippen LogP contribution in [-0.4, -0.2) is 40.4 Å². The number of benzene rings is 1. The summed E-state index contributed by atoms with van der Waals surface area (Å²) in [6.45, 7) is 3.51. The number of aromatic nitrogens is 2. The van der Waals surface area contributed by atoms with E-state index in [1.807, 2.05) is 16.9 Å². The van der Waals surface area contributed by atoms with Crippen molar-refractivity contribution in [1.82, 2.24) is 14.7 Å². The Morgan fingerprint density at radius 2 is 1.92 bits per heavy atom. The Hall–Kier alpha value is -2.02. The van der Waals surface area contributed by atoms with Crippen LogP contribution in [-0.2, 0) is 12.7 Å². The molecule has 0 amide bonds. The van der Waals surface area contributed by atoms with E-state index in [0.29, 0.717) is 5.75 Å². The SMILES string of the molecule is FC(F)(F)c1cccc(OC2CCN(CCn3cccn3)CC2)c1. The number of hydrogen-bond acceptors (Lipinski definition) is 3. The molecule has 1 aliphatic heterocycles. The molecule has 1 fully saturated rings. The summed E-state index contributed by atoms with van der Waals surface area (Å²) in [6.07, 6.45) is 0.952. The fraction of sp³-hybridized carbons (Fsp3) is 0.471. The lowest BCUT2D eigenvalue weighted by molar-refractivity contribution is -0.137. The molecule has 0 unspecified atom stereocenters. The van der Waals surface area contributed by atoms with Crippen LogP contribution in [0.1, 0.15) is 18.4 Å². The third-order valence-electron chi connectivity index (χ3n) is 4.20. The molecule has 4 nitrogen and oxygen atoms in total. The molecular weight excluding hydrogens is 319 g/mol. The molecule has 7 heteroatoms. The van der Waals surface area contributed by atoms with Crippen LogP contribution in [0.4, 0.5) is 13.2 Å². The molecular formula is C17H20F3N3O. The van der Waals surface area contributed by atoms with Crippen LogP contribution in [0.3, 0.4) is 0 Å². The molecule has 0 saturated carbocycles. The van der Waals surface area contributed by atoms with E-state index in [1.54, 1.807) is 12.3 Å². The highest BCUT2D eigenvalue weighted by atomic mass is 19.4. The molecule has 130 valence electrons. The lowest BCUT2D eigenvalue weighted by Crippen LogP contribution is -2.39. The molecule has 0 spiro atoms. The zero-order chi connectivity index (χ0) is 17.0. The highest BCUT2D eigenvalue weighted by Crippen LogP contribution is 2.32. The maximum absolute atomic E-state index is 12.7. The number of ether oxygens (including phenoxy) is 1. The average Bonchev–Trinajstić information content (AvgIpc) is 3.07. The Labute approximate surface area is 138 Å². The van der Waals surface area contributed by atoms with E-state index in [4.69, 9.17) is 4.74 Å². The van der Waals surface area contributed by atoms with Crippen LogP contribution in [0, 0.1) is 0 Å². The minimum atomic E-state index is -4.34. The largest absolute Gasteiger partial charge is 0.490 e. The molecule has 2 heterocycles. The number of hydrogen-bond donors (Lipinski definition) is 0. The molecule has 0 bridgehead atoms. The van der Waals surface area contributed by atoms with Crippen LogP contribution in [0.25, 0.3) is 0 Å². The lowest BCUT2D eigenvalue weighted by Gasteiger charge is -2.32. The topological polar surface area (TPSA) is 30.3 Å². The minimum absolute atomic E-state index is 0.0329. The molecule has 0 atom stereocenters. The molecule has 24 heavy (non-hydrogen) atoms. The van der Waals surface area contributed by atoms with Gasteiger partial charge >= 0.3 is 6.18 Å². The summed E-state index contributed by atoms with van der Waals surface area (Å²) in [4.78, 5) is 2.33. The van der Waals surface area contributed by atoms with E-state index in [9.17, 15) is 13.2 Å². The average molecular weight is 339 g/mol. The van der Waals surface area contributed by atoms with Gasteiger partial charge in [0, 0.05) is 32.0 Å².